The molecule has 2 aromatic carbocycles. The van der Waals surface area contributed by atoms with Crippen LogP contribution in [-0.2, 0) is 11.3 Å². The smallest absolute Gasteiger partial charge is 0.247 e. The summed E-state index contributed by atoms with van der Waals surface area (Å²) >= 11 is 12.0. The molecule has 0 aliphatic rings. The standard InChI is InChI=1S/C20H18Cl2N2O2/c1-13(2)24(12-14-7-8-15(21)16(22)11-14)20(25)10-9-19-23-17-5-3-4-6-18(17)26-19/h3-11,13H,12H2,1-2H3. The van der Waals surface area contributed by atoms with Crippen molar-refractivity contribution in [3.63, 3.8) is 0 Å². The van der Waals surface area contributed by atoms with Crippen LogP contribution >= 0.6 is 23.2 Å². The first-order chi connectivity index (χ1) is 12.4. The molecule has 134 valence electrons. The Morgan fingerprint density at radius 1 is 1.19 bits per heavy atom. The Bertz CT molecular complexity index is 930. The molecule has 0 radical (unpaired) electrons. The highest BCUT2D eigenvalue weighted by atomic mass is 35.5. The van der Waals surface area contributed by atoms with Crippen LogP contribution in [0.1, 0.15) is 25.3 Å². The van der Waals surface area contributed by atoms with Crippen LogP contribution in [0.5, 0.6) is 0 Å². The third-order valence-corrected chi connectivity index (χ3v) is 4.66. The fraction of sp³-hybridized carbons (Fsp3) is 0.200. The number of aromatic nitrogens is 1. The molecule has 3 aromatic rings. The lowest BCUT2D eigenvalue weighted by Crippen LogP contribution is -2.35. The van der Waals surface area contributed by atoms with Crippen LogP contribution in [0.3, 0.4) is 0 Å². The molecule has 6 heteroatoms. The molecular weight excluding hydrogens is 371 g/mol. The number of carbonyl (C=O) groups is 1. The van der Waals surface area contributed by atoms with Gasteiger partial charge in [0.25, 0.3) is 0 Å². The van der Waals surface area contributed by atoms with Crippen LogP contribution in [0.2, 0.25) is 10.0 Å². The van der Waals surface area contributed by atoms with Gasteiger partial charge in [-0.1, -0.05) is 41.4 Å². The van der Waals surface area contributed by atoms with Gasteiger partial charge in [0.15, 0.2) is 5.58 Å². The number of para-hydroxylation sites is 2. The van der Waals surface area contributed by atoms with Gasteiger partial charge in [0.2, 0.25) is 11.8 Å². The Morgan fingerprint density at radius 3 is 2.65 bits per heavy atom. The van der Waals surface area contributed by atoms with Crippen molar-refractivity contribution in [1.82, 2.24) is 9.88 Å². The van der Waals surface area contributed by atoms with Crippen molar-refractivity contribution in [1.29, 1.82) is 0 Å². The third-order valence-electron chi connectivity index (χ3n) is 3.92. The van der Waals surface area contributed by atoms with E-state index in [1.807, 2.05) is 44.2 Å². The highest BCUT2D eigenvalue weighted by molar-refractivity contribution is 6.42. The molecule has 1 heterocycles. The molecule has 26 heavy (non-hydrogen) atoms. The van der Waals surface area contributed by atoms with E-state index in [4.69, 9.17) is 27.6 Å². The zero-order valence-electron chi connectivity index (χ0n) is 14.4. The highest BCUT2D eigenvalue weighted by Crippen LogP contribution is 2.24. The van der Waals surface area contributed by atoms with Crippen molar-refractivity contribution in [2.45, 2.75) is 26.4 Å². The van der Waals surface area contributed by atoms with Crippen molar-refractivity contribution in [3.8, 4) is 0 Å². The van der Waals surface area contributed by atoms with E-state index in [2.05, 4.69) is 4.98 Å². The minimum atomic E-state index is -0.131. The summed E-state index contributed by atoms with van der Waals surface area (Å²) in [7, 11) is 0. The van der Waals surface area contributed by atoms with Crippen LogP contribution in [0.15, 0.2) is 53.0 Å². The van der Waals surface area contributed by atoms with Gasteiger partial charge < -0.3 is 9.32 Å². The second-order valence-electron chi connectivity index (χ2n) is 6.16. The molecule has 3 rings (SSSR count). The summed E-state index contributed by atoms with van der Waals surface area (Å²) in [6.07, 6.45) is 3.06. The number of hydrogen-bond donors (Lipinski definition) is 0. The average Bonchev–Trinajstić information content (AvgIpc) is 3.03. The number of oxazole rings is 1. The Labute approximate surface area is 162 Å². The predicted octanol–water partition coefficient (Wildman–Crippen LogP) is 5.59. The molecular formula is C20H18Cl2N2O2. The lowest BCUT2D eigenvalue weighted by atomic mass is 10.2. The van der Waals surface area contributed by atoms with Gasteiger partial charge in [0, 0.05) is 24.7 Å². The normalized spacial score (nSPS) is 11.6. The number of carbonyl (C=O) groups excluding carboxylic acids is 1. The maximum Gasteiger partial charge on any atom is 0.247 e. The fourth-order valence-corrected chi connectivity index (χ4v) is 2.87. The molecule has 4 nitrogen and oxygen atoms in total. The molecule has 0 saturated heterocycles. The van der Waals surface area contributed by atoms with Gasteiger partial charge in [-0.3, -0.25) is 4.79 Å². The van der Waals surface area contributed by atoms with Crippen LogP contribution < -0.4 is 0 Å². The third kappa shape index (κ3) is 4.26. The molecule has 0 unspecified atom stereocenters. The lowest BCUT2D eigenvalue weighted by Gasteiger charge is -2.25. The van der Waals surface area contributed by atoms with E-state index in [0.717, 1.165) is 11.1 Å². The summed E-state index contributed by atoms with van der Waals surface area (Å²) < 4.78 is 5.61. The summed E-state index contributed by atoms with van der Waals surface area (Å²) in [4.78, 5) is 18.7. The van der Waals surface area contributed by atoms with E-state index in [1.165, 1.54) is 6.08 Å². The van der Waals surface area contributed by atoms with E-state index in [1.54, 1.807) is 23.1 Å². The Morgan fingerprint density at radius 2 is 1.96 bits per heavy atom. The Kier molecular flexibility index (Phi) is 5.64. The topological polar surface area (TPSA) is 46.3 Å². The predicted molar refractivity (Wildman–Crippen MR) is 105 cm³/mol. The zero-order chi connectivity index (χ0) is 18.7. The van der Waals surface area contributed by atoms with E-state index < -0.39 is 0 Å². The van der Waals surface area contributed by atoms with Crippen LogP contribution in [0.25, 0.3) is 17.2 Å². The maximum atomic E-state index is 12.6. The minimum Gasteiger partial charge on any atom is -0.437 e. The molecule has 0 spiro atoms. The van der Waals surface area contributed by atoms with Crippen molar-refractivity contribution in [2.75, 3.05) is 0 Å². The quantitative estimate of drug-likeness (QED) is 0.535. The van der Waals surface area contributed by atoms with Crippen LogP contribution in [-0.4, -0.2) is 21.8 Å². The first kappa shape index (κ1) is 18.5. The number of benzene rings is 2. The molecule has 0 fully saturated rings. The van der Waals surface area contributed by atoms with Gasteiger partial charge in [-0.15, -0.1) is 0 Å². The van der Waals surface area contributed by atoms with Gasteiger partial charge in [-0.05, 0) is 43.7 Å². The fourth-order valence-electron chi connectivity index (χ4n) is 2.55. The van der Waals surface area contributed by atoms with Crippen molar-refractivity contribution >= 4 is 46.3 Å². The van der Waals surface area contributed by atoms with Gasteiger partial charge >= 0.3 is 0 Å². The SMILES string of the molecule is CC(C)N(Cc1ccc(Cl)c(Cl)c1)C(=O)C=Cc1nc2ccccc2o1. The van der Waals surface area contributed by atoms with Gasteiger partial charge in [0.1, 0.15) is 5.52 Å². The number of rotatable bonds is 5. The van der Waals surface area contributed by atoms with Gasteiger partial charge in [-0.25, -0.2) is 4.98 Å². The summed E-state index contributed by atoms with van der Waals surface area (Å²) in [5.74, 6) is 0.270. The summed E-state index contributed by atoms with van der Waals surface area (Å²) in [6.45, 7) is 4.36. The summed E-state index contributed by atoms with van der Waals surface area (Å²) in [5, 5.41) is 0.969. The molecule has 1 amide bonds. The van der Waals surface area contributed by atoms with Crippen molar-refractivity contribution in [3.05, 3.63) is 70.0 Å². The average molecular weight is 389 g/mol. The summed E-state index contributed by atoms with van der Waals surface area (Å²) in [6, 6.07) is 12.9. The highest BCUT2D eigenvalue weighted by Gasteiger charge is 2.16. The second kappa shape index (κ2) is 7.94. The molecule has 0 N–H and O–H groups in total. The maximum absolute atomic E-state index is 12.6. The number of hydrogen-bond acceptors (Lipinski definition) is 3. The van der Waals surface area contributed by atoms with E-state index in [9.17, 15) is 4.79 Å². The second-order valence-corrected chi connectivity index (χ2v) is 6.98. The number of fused-ring (bicyclic) bond motifs is 1. The summed E-state index contributed by atoms with van der Waals surface area (Å²) in [5.41, 5.74) is 2.36. The zero-order valence-corrected chi connectivity index (χ0v) is 16.0. The van der Waals surface area contributed by atoms with Crippen LogP contribution in [0.4, 0.5) is 0 Å². The van der Waals surface area contributed by atoms with Crippen molar-refractivity contribution in [2.24, 2.45) is 0 Å². The Balaban J connectivity index is 1.76. The number of nitrogens with zero attached hydrogens (tertiary/aromatic N) is 2. The van der Waals surface area contributed by atoms with E-state index in [0.29, 0.717) is 28.1 Å². The van der Waals surface area contributed by atoms with Crippen LogP contribution in [0, 0.1) is 0 Å². The van der Waals surface area contributed by atoms with E-state index >= 15 is 0 Å². The Hall–Kier alpha value is -2.30. The van der Waals surface area contributed by atoms with Gasteiger partial charge in [0.05, 0.1) is 10.0 Å². The first-order valence-corrected chi connectivity index (χ1v) is 8.98. The molecule has 0 saturated carbocycles. The molecule has 0 aliphatic carbocycles. The minimum absolute atomic E-state index is 0.0187. The first-order valence-electron chi connectivity index (χ1n) is 8.22. The monoisotopic (exact) mass is 388 g/mol. The molecule has 0 atom stereocenters. The van der Waals surface area contributed by atoms with E-state index in [-0.39, 0.29) is 11.9 Å². The molecule has 1 aromatic heterocycles. The van der Waals surface area contributed by atoms with Gasteiger partial charge in [-0.2, -0.15) is 0 Å². The van der Waals surface area contributed by atoms with Crippen molar-refractivity contribution < 1.29 is 9.21 Å². The number of amides is 1. The largest absolute Gasteiger partial charge is 0.437 e. The number of halogens is 2. The molecule has 0 bridgehead atoms. The lowest BCUT2D eigenvalue weighted by molar-refractivity contribution is -0.128. The molecule has 0 aliphatic heterocycles.